The Hall–Kier alpha value is -2.60. The lowest BCUT2D eigenvalue weighted by atomic mass is 9.87. The summed E-state index contributed by atoms with van der Waals surface area (Å²) in [4.78, 5) is 88.4. The van der Waals surface area contributed by atoms with Gasteiger partial charge in [-0.25, -0.2) is 28.6 Å². The second-order valence-corrected chi connectivity index (χ2v) is 22.5. The minimum absolute atomic E-state index is 0.00594. The number of hydrogen-bond donors (Lipinski definition) is 11. The fourth-order valence-electron chi connectivity index (χ4n) is 6.96. The average molecular weight is 1070 g/mol. The van der Waals surface area contributed by atoms with Crippen molar-refractivity contribution in [2.24, 2.45) is 5.41 Å². The number of nitrogens with one attached hydrogen (secondary N) is 2. The van der Waals surface area contributed by atoms with Gasteiger partial charge in [0.15, 0.2) is 29.1 Å². The van der Waals surface area contributed by atoms with Crippen LogP contribution < -0.4 is 16.4 Å². The molecule has 4 heterocycles. The topological polar surface area (TPSA) is 423 Å². The Bertz CT molecular complexity index is 2160. The number of rotatable bonds is 29. The number of carbonyl (C=O) groups is 3. The van der Waals surface area contributed by atoms with Crippen LogP contribution in [0.25, 0.3) is 11.2 Å². The summed E-state index contributed by atoms with van der Waals surface area (Å²) in [5, 5.41) is 46.4. The molecule has 32 heteroatoms. The molecule has 2 aromatic rings. The fourth-order valence-corrected chi connectivity index (χ4v) is 10.5. The number of thioether (sulfide) groups is 1. The quantitative estimate of drug-likeness (QED) is 0.0394. The van der Waals surface area contributed by atoms with E-state index in [1.807, 2.05) is 6.92 Å². The first-order chi connectivity index (χ1) is 32.2. The molecule has 2 aromatic heterocycles. The van der Waals surface area contributed by atoms with Gasteiger partial charge in [-0.15, -0.1) is 0 Å². The number of ether oxygens (including phenoxy) is 3. The number of phosphoric acid groups is 3. The summed E-state index contributed by atoms with van der Waals surface area (Å²) in [5.74, 6) is -1.15. The molecule has 0 saturated carbocycles. The summed E-state index contributed by atoms with van der Waals surface area (Å²) in [6.45, 7) is 4.08. The number of fused-ring (bicyclic) bond motifs is 1. The molecule has 0 aromatic carbocycles. The molecule has 2 saturated heterocycles. The second kappa shape index (κ2) is 26.4. The number of aromatic nitrogens is 4. The van der Waals surface area contributed by atoms with Crippen LogP contribution in [0.5, 0.6) is 0 Å². The third-order valence-electron chi connectivity index (χ3n) is 10.8. The number of hydrogen-bond acceptors (Lipinski definition) is 22. The highest BCUT2D eigenvalue weighted by atomic mass is 32.2. The number of carbonyl (C=O) groups excluding carboxylic acids is 3. The van der Waals surface area contributed by atoms with Crippen molar-refractivity contribution in [1.29, 1.82) is 0 Å². The van der Waals surface area contributed by atoms with Crippen molar-refractivity contribution in [3.8, 4) is 0 Å². The van der Waals surface area contributed by atoms with Gasteiger partial charge in [0.1, 0.15) is 42.4 Å². The average Bonchev–Trinajstić information content (AvgIpc) is 3.82. The predicted molar refractivity (Wildman–Crippen MR) is 241 cm³/mol. The number of aliphatic hydroxyl groups is 4. The molecule has 2 unspecified atom stereocenters. The van der Waals surface area contributed by atoms with E-state index in [0.29, 0.717) is 12.2 Å². The Balaban J connectivity index is 1.08. The summed E-state index contributed by atoms with van der Waals surface area (Å²) < 4.78 is 73.8. The van der Waals surface area contributed by atoms with Crippen LogP contribution in [0.1, 0.15) is 91.7 Å². The summed E-state index contributed by atoms with van der Waals surface area (Å²) in [7, 11) is -16.5. The minimum Gasteiger partial charge on any atom is -0.390 e. The smallest absolute Gasteiger partial charge is 0.390 e. The first-order valence-corrected chi connectivity index (χ1v) is 27.4. The van der Waals surface area contributed by atoms with Crippen LogP contribution in [-0.4, -0.2) is 164 Å². The lowest BCUT2D eigenvalue weighted by Crippen LogP contribution is -2.48. The maximum Gasteiger partial charge on any atom is 0.481 e. The highest BCUT2D eigenvalue weighted by Crippen LogP contribution is 2.61. The molecule has 2 aliphatic rings. The van der Waals surface area contributed by atoms with Gasteiger partial charge in [-0.05, 0) is 26.7 Å². The fraction of sp³-hybridized carbons (Fsp3) is 0.784. The van der Waals surface area contributed by atoms with Crippen LogP contribution in [0.3, 0.4) is 0 Å². The minimum atomic E-state index is -5.59. The maximum atomic E-state index is 12.7. The molecular formula is C37H64N7O21P3S. The second-order valence-electron chi connectivity index (χ2n) is 17.1. The van der Waals surface area contributed by atoms with E-state index in [2.05, 4.69) is 34.4 Å². The number of anilines is 1. The van der Waals surface area contributed by atoms with Gasteiger partial charge in [0.25, 0.3) is 0 Å². The first-order valence-electron chi connectivity index (χ1n) is 21.9. The van der Waals surface area contributed by atoms with E-state index in [1.54, 1.807) is 6.92 Å². The third-order valence-corrected chi connectivity index (χ3v) is 14.8. The summed E-state index contributed by atoms with van der Waals surface area (Å²) in [6, 6.07) is 0. The van der Waals surface area contributed by atoms with Gasteiger partial charge in [-0.1, -0.05) is 51.3 Å². The lowest BCUT2D eigenvalue weighted by molar-refractivity contribution is -0.273. The van der Waals surface area contributed by atoms with Gasteiger partial charge in [0, 0.05) is 43.5 Å². The SMILES string of the molecule is C[C@H](CCCCCCCC(=O)SCCNC(=O)CCNC(=O)[C@H](O)C(C)(C)COP(=O)(O)OP(=O)(O)OC[C@H]1O[C@@H](n2cnc3c(N)ncnc32)[C@H](O)[C@@H]1OP(=O)(O)O)O[C@@H]1O[C@@H](C)[C@H](O)C[C@H]1O. The molecule has 2 fully saturated rings. The molecule has 28 nitrogen and oxygen atoms in total. The molecule has 2 aliphatic heterocycles. The molecular weight excluding hydrogens is 1000 g/mol. The van der Waals surface area contributed by atoms with Crippen molar-refractivity contribution in [2.75, 3.05) is 37.8 Å². The van der Waals surface area contributed by atoms with Crippen molar-refractivity contribution in [1.82, 2.24) is 30.2 Å². The Morgan fingerprint density at radius 1 is 0.942 bits per heavy atom. The van der Waals surface area contributed by atoms with Crippen molar-refractivity contribution in [3.63, 3.8) is 0 Å². The zero-order valence-electron chi connectivity index (χ0n) is 38.3. The Morgan fingerprint density at radius 3 is 2.33 bits per heavy atom. The van der Waals surface area contributed by atoms with E-state index < -0.39 is 109 Å². The maximum absolute atomic E-state index is 12.7. The van der Waals surface area contributed by atoms with E-state index >= 15 is 0 Å². The van der Waals surface area contributed by atoms with Crippen molar-refractivity contribution in [2.45, 2.75) is 147 Å². The standard InChI is InChI=1S/C37H64N7O21P3S/c1-21(61-36-24(46)16-23(45)22(2)62-36)10-8-6-5-7-9-11-27(48)69-15-14-39-26(47)12-13-40-34(51)31(50)37(3,4)18-60-68(57,58)65-67(55,56)59-17-25-30(64-66(52,53)54)29(49)35(63-25)44-20-43-28-32(38)41-19-42-33(28)44/h19-25,29-31,35-36,45-46,49-50H,5-18H2,1-4H3,(H,39,47)(H,40,51)(H,55,56)(H,57,58)(H2,38,41,42)(H2,52,53,54)/t21-,22+,23-,24-,25-,29-,30-,31+,35-,36-/m1/s1. The predicted octanol–water partition coefficient (Wildman–Crippen LogP) is 0.657. The largest absolute Gasteiger partial charge is 0.481 e. The molecule has 69 heavy (non-hydrogen) atoms. The molecule has 12 N–H and O–H groups in total. The van der Waals surface area contributed by atoms with Gasteiger partial charge < -0.3 is 70.6 Å². The molecule has 12 atom stereocenters. The van der Waals surface area contributed by atoms with Crippen molar-refractivity contribution < 1.29 is 100 Å². The van der Waals surface area contributed by atoms with Gasteiger partial charge in [0.05, 0.1) is 37.9 Å². The van der Waals surface area contributed by atoms with Crippen LogP contribution in [0.4, 0.5) is 5.82 Å². The van der Waals surface area contributed by atoms with Gasteiger partial charge >= 0.3 is 23.5 Å². The number of amides is 2. The molecule has 0 aliphatic carbocycles. The van der Waals surface area contributed by atoms with Crippen LogP contribution in [0.15, 0.2) is 12.7 Å². The molecule has 0 bridgehead atoms. The first kappa shape index (κ1) is 59.0. The van der Waals surface area contributed by atoms with E-state index in [4.69, 9.17) is 29.0 Å². The number of nitrogens with two attached hydrogens (primary N) is 1. The van der Waals surface area contributed by atoms with E-state index in [0.717, 1.165) is 67.5 Å². The van der Waals surface area contributed by atoms with Crippen molar-refractivity contribution in [3.05, 3.63) is 12.7 Å². The third kappa shape index (κ3) is 19.1. The van der Waals surface area contributed by atoms with Crippen molar-refractivity contribution >= 4 is 69.1 Å². The Kier molecular flexibility index (Phi) is 22.5. The highest BCUT2D eigenvalue weighted by Gasteiger charge is 2.50. The number of imidazole rings is 1. The summed E-state index contributed by atoms with van der Waals surface area (Å²) >= 11 is 1.09. The molecule has 2 amide bonds. The molecule has 0 spiro atoms. The number of phosphoric ester groups is 3. The van der Waals surface area contributed by atoms with Crippen LogP contribution >= 0.6 is 35.2 Å². The number of unbranched alkanes of at least 4 members (excludes halogenated alkanes) is 4. The highest BCUT2D eigenvalue weighted by molar-refractivity contribution is 8.13. The van der Waals surface area contributed by atoms with Crippen LogP contribution in [-0.2, 0) is 60.2 Å². The number of nitrogen functional groups attached to an aromatic ring is 1. The van der Waals surface area contributed by atoms with Crippen LogP contribution in [0.2, 0.25) is 0 Å². The zero-order chi connectivity index (χ0) is 51.3. The Morgan fingerprint density at radius 2 is 1.62 bits per heavy atom. The van der Waals surface area contributed by atoms with E-state index in [9.17, 15) is 68.1 Å². The van der Waals surface area contributed by atoms with Gasteiger partial charge in [0.2, 0.25) is 11.8 Å². The number of nitrogens with zero attached hydrogens (tertiary/aromatic N) is 4. The lowest BCUT2D eigenvalue weighted by Gasteiger charge is -2.36. The summed E-state index contributed by atoms with van der Waals surface area (Å²) in [6.07, 6.45) is -4.10. The Labute approximate surface area is 401 Å². The van der Waals surface area contributed by atoms with Crippen LogP contribution in [0, 0.1) is 5.41 Å². The summed E-state index contributed by atoms with van der Waals surface area (Å²) in [5.41, 5.74) is 4.24. The van der Waals surface area contributed by atoms with E-state index in [-0.39, 0.29) is 54.1 Å². The van der Waals surface area contributed by atoms with Gasteiger partial charge in [-0.2, -0.15) is 4.31 Å². The molecule has 0 radical (unpaired) electrons. The normalized spacial score (nSPS) is 26.0. The number of aliphatic hydroxyl groups excluding tert-OH is 4. The van der Waals surface area contributed by atoms with E-state index in [1.165, 1.54) is 13.8 Å². The zero-order valence-corrected chi connectivity index (χ0v) is 41.8. The molecule has 4 rings (SSSR count). The monoisotopic (exact) mass is 1070 g/mol. The molecule has 394 valence electrons. The van der Waals surface area contributed by atoms with Gasteiger partial charge in [-0.3, -0.25) is 32.5 Å².